The summed E-state index contributed by atoms with van der Waals surface area (Å²) in [6, 6.07) is 22.7. The quantitative estimate of drug-likeness (QED) is 0.312. The van der Waals surface area contributed by atoms with E-state index in [9.17, 15) is 0 Å². The van der Waals surface area contributed by atoms with Gasteiger partial charge >= 0.3 is 0 Å². The van der Waals surface area contributed by atoms with Gasteiger partial charge in [-0.2, -0.15) is 0 Å². The van der Waals surface area contributed by atoms with E-state index in [1.54, 1.807) is 11.1 Å². The van der Waals surface area contributed by atoms with Crippen molar-refractivity contribution in [2.75, 3.05) is 18.2 Å². The van der Waals surface area contributed by atoms with E-state index in [1.165, 1.54) is 43.9 Å². The number of rotatable bonds is 12. The van der Waals surface area contributed by atoms with E-state index >= 15 is 0 Å². The normalized spacial score (nSPS) is 15.9. The van der Waals surface area contributed by atoms with Crippen molar-refractivity contribution in [3.8, 4) is 0 Å². The van der Waals surface area contributed by atoms with E-state index in [0.717, 1.165) is 11.3 Å². The first-order valence-corrected chi connectivity index (χ1v) is 14.4. The van der Waals surface area contributed by atoms with E-state index in [2.05, 4.69) is 88.4 Å². The van der Waals surface area contributed by atoms with Crippen LogP contribution in [-0.4, -0.2) is 18.2 Å². The predicted octanol–water partition coefficient (Wildman–Crippen LogP) is 9.03. The second kappa shape index (κ2) is 12.7. The van der Waals surface area contributed by atoms with Crippen molar-refractivity contribution in [1.82, 2.24) is 0 Å². The summed E-state index contributed by atoms with van der Waals surface area (Å²) in [5.41, 5.74) is 4.74. The van der Waals surface area contributed by atoms with Gasteiger partial charge in [0, 0.05) is 11.3 Å². The monoisotopic (exact) mass is 400 g/mol. The molecule has 4 atom stereocenters. The van der Waals surface area contributed by atoms with Gasteiger partial charge in [0.2, 0.25) is 0 Å². The van der Waals surface area contributed by atoms with Gasteiger partial charge < -0.3 is 0 Å². The van der Waals surface area contributed by atoms with E-state index in [-0.39, 0.29) is 15.8 Å². The molecule has 0 aliphatic rings. The molecule has 0 saturated carbocycles. The smallest absolute Gasteiger partial charge is 0.00447 e. The van der Waals surface area contributed by atoms with Crippen LogP contribution in [0.2, 0.25) is 0 Å². The Kier molecular flexibility index (Phi) is 10.6. The third-order valence-electron chi connectivity index (χ3n) is 5.55. The lowest BCUT2D eigenvalue weighted by atomic mass is 10.1. The summed E-state index contributed by atoms with van der Waals surface area (Å²) in [5, 5.41) is 0. The molecule has 0 bridgehead atoms. The molecule has 0 aliphatic heterocycles. The maximum absolute atomic E-state index is 2.44. The summed E-state index contributed by atoms with van der Waals surface area (Å²) < 4.78 is 0. The van der Waals surface area contributed by atoms with Crippen LogP contribution in [0.1, 0.15) is 75.8 Å². The first-order valence-electron chi connectivity index (χ1n) is 10.8. The zero-order valence-corrected chi connectivity index (χ0v) is 19.6. The maximum Gasteiger partial charge on any atom is 0.00447 e. The van der Waals surface area contributed by atoms with Gasteiger partial charge in [-0.05, 0) is 42.2 Å². The topological polar surface area (TPSA) is 0 Å². The Morgan fingerprint density at radius 1 is 0.593 bits per heavy atom. The summed E-state index contributed by atoms with van der Waals surface area (Å²) in [5.74, 6) is 1.48. The minimum Gasteiger partial charge on any atom is -0.0949 e. The van der Waals surface area contributed by atoms with Crippen LogP contribution in [0.15, 0.2) is 60.7 Å². The fraction of sp³-hybridized carbons (Fsp3) is 0.520. The van der Waals surface area contributed by atoms with E-state index in [4.69, 9.17) is 0 Å². The van der Waals surface area contributed by atoms with Crippen molar-refractivity contribution in [3.05, 3.63) is 71.8 Å². The summed E-state index contributed by atoms with van der Waals surface area (Å²) in [6.07, 6.45) is 8.00. The largest absolute Gasteiger partial charge is 0.0949 e. The van der Waals surface area contributed by atoms with Crippen LogP contribution in [0, 0.1) is 0 Å². The molecule has 0 amide bonds. The van der Waals surface area contributed by atoms with Crippen molar-refractivity contribution in [3.63, 3.8) is 0 Å². The first kappa shape index (κ1) is 22.6. The fourth-order valence-electron chi connectivity index (χ4n) is 4.09. The lowest BCUT2D eigenvalue weighted by molar-refractivity contribution is 0.763. The van der Waals surface area contributed by atoms with Gasteiger partial charge in [-0.3, -0.25) is 0 Å². The van der Waals surface area contributed by atoms with Gasteiger partial charge in [0.1, 0.15) is 0 Å². The molecular formula is C25H38P2. The zero-order chi connectivity index (χ0) is 19.5. The Balaban J connectivity index is 2.23. The lowest BCUT2D eigenvalue weighted by Gasteiger charge is -2.35. The van der Waals surface area contributed by atoms with Crippen LogP contribution >= 0.6 is 15.8 Å². The van der Waals surface area contributed by atoms with Crippen LogP contribution in [0.25, 0.3) is 0 Å². The van der Waals surface area contributed by atoms with Crippen molar-refractivity contribution in [2.45, 2.75) is 64.7 Å². The summed E-state index contributed by atoms with van der Waals surface area (Å²) >= 11 is 0. The minimum absolute atomic E-state index is 0.0460. The van der Waals surface area contributed by atoms with Crippen molar-refractivity contribution < 1.29 is 0 Å². The maximum atomic E-state index is 2.44. The molecule has 0 heterocycles. The molecule has 0 N–H and O–H groups in total. The SMILES string of the molecule is CCCC(c1ccccc1)P(CC)CP(CC)C(CCC)c1ccccc1. The Morgan fingerprint density at radius 3 is 1.26 bits per heavy atom. The van der Waals surface area contributed by atoms with Gasteiger partial charge in [-0.1, -0.05) is 117 Å². The second-order valence-electron chi connectivity index (χ2n) is 7.38. The van der Waals surface area contributed by atoms with Crippen molar-refractivity contribution in [2.24, 2.45) is 0 Å². The van der Waals surface area contributed by atoms with Crippen LogP contribution in [0.3, 0.4) is 0 Å². The average Bonchev–Trinajstić information content (AvgIpc) is 2.73. The molecule has 0 spiro atoms. The highest BCUT2D eigenvalue weighted by atomic mass is 31.2. The molecule has 2 aromatic rings. The standard InChI is InChI=1S/C25H38P2/c1-5-15-24(22-17-11-9-12-18-22)26(7-3)21-27(8-4)25(16-6-2)23-19-13-10-14-20-23/h9-14,17-20,24-25H,5-8,15-16,21H2,1-4H3. The van der Waals surface area contributed by atoms with Crippen LogP contribution in [0.5, 0.6) is 0 Å². The van der Waals surface area contributed by atoms with Crippen LogP contribution < -0.4 is 0 Å². The predicted molar refractivity (Wildman–Crippen MR) is 128 cm³/mol. The minimum atomic E-state index is 0.0460. The summed E-state index contributed by atoms with van der Waals surface area (Å²) in [4.78, 5) is 0. The third-order valence-corrected chi connectivity index (χ3v) is 13.0. The number of hydrogen-bond donors (Lipinski definition) is 0. The molecule has 4 unspecified atom stereocenters. The molecule has 2 heteroatoms. The molecule has 148 valence electrons. The van der Waals surface area contributed by atoms with Crippen molar-refractivity contribution >= 4 is 15.8 Å². The van der Waals surface area contributed by atoms with E-state index in [1.807, 2.05) is 0 Å². The molecule has 0 radical (unpaired) electrons. The summed E-state index contributed by atoms with van der Waals surface area (Å²) in [6.45, 7) is 9.59. The van der Waals surface area contributed by atoms with Gasteiger partial charge in [0.15, 0.2) is 0 Å². The summed E-state index contributed by atoms with van der Waals surface area (Å²) in [7, 11) is 0.0920. The Hall–Kier alpha value is -0.700. The van der Waals surface area contributed by atoms with Gasteiger partial charge in [0.05, 0.1) is 0 Å². The molecule has 2 rings (SSSR count). The average molecular weight is 401 g/mol. The van der Waals surface area contributed by atoms with Crippen molar-refractivity contribution in [1.29, 1.82) is 0 Å². The molecule has 27 heavy (non-hydrogen) atoms. The van der Waals surface area contributed by atoms with Gasteiger partial charge in [-0.25, -0.2) is 0 Å². The highest BCUT2D eigenvalue weighted by Gasteiger charge is 2.27. The Morgan fingerprint density at radius 2 is 0.963 bits per heavy atom. The molecule has 0 nitrogen and oxygen atoms in total. The molecular weight excluding hydrogens is 362 g/mol. The van der Waals surface area contributed by atoms with E-state index < -0.39 is 0 Å². The molecule has 0 aromatic heterocycles. The molecule has 0 saturated heterocycles. The van der Waals surface area contributed by atoms with Crippen LogP contribution in [-0.2, 0) is 0 Å². The Labute approximate surface area is 170 Å². The fourth-order valence-corrected chi connectivity index (χ4v) is 12.4. The Bertz CT molecular complexity index is 555. The zero-order valence-electron chi connectivity index (χ0n) is 17.8. The lowest BCUT2D eigenvalue weighted by Crippen LogP contribution is -2.06. The molecule has 0 aliphatic carbocycles. The van der Waals surface area contributed by atoms with Crippen LogP contribution in [0.4, 0.5) is 0 Å². The second-order valence-corrected chi connectivity index (χ2v) is 13.4. The van der Waals surface area contributed by atoms with Gasteiger partial charge in [-0.15, -0.1) is 0 Å². The van der Waals surface area contributed by atoms with E-state index in [0.29, 0.717) is 0 Å². The highest BCUT2D eigenvalue weighted by molar-refractivity contribution is 7.74. The number of benzene rings is 2. The number of hydrogen-bond acceptors (Lipinski definition) is 0. The third kappa shape index (κ3) is 6.69. The molecule has 2 aromatic carbocycles. The highest BCUT2D eigenvalue weighted by Crippen LogP contribution is 2.65. The molecule has 0 fully saturated rings. The van der Waals surface area contributed by atoms with Gasteiger partial charge in [0.25, 0.3) is 0 Å². The first-order chi connectivity index (χ1) is 13.2.